The SMILES string of the molecule is CC(C)n1cc(S(=O)(=O)NCC(=O)c2ccc(F)cc2)cn1. The van der Waals surface area contributed by atoms with Crippen LogP contribution in [0.5, 0.6) is 0 Å². The zero-order valence-corrected chi connectivity index (χ0v) is 13.0. The van der Waals surface area contributed by atoms with Crippen LogP contribution in [0.3, 0.4) is 0 Å². The molecule has 0 bridgehead atoms. The lowest BCUT2D eigenvalue weighted by atomic mass is 10.1. The van der Waals surface area contributed by atoms with Crippen LogP contribution in [-0.4, -0.2) is 30.5 Å². The zero-order chi connectivity index (χ0) is 16.3. The van der Waals surface area contributed by atoms with E-state index in [0.717, 1.165) is 12.1 Å². The summed E-state index contributed by atoms with van der Waals surface area (Å²) in [5.74, 6) is -0.905. The van der Waals surface area contributed by atoms with E-state index in [2.05, 4.69) is 9.82 Å². The van der Waals surface area contributed by atoms with E-state index in [9.17, 15) is 17.6 Å². The zero-order valence-electron chi connectivity index (χ0n) is 12.2. The van der Waals surface area contributed by atoms with Crippen LogP contribution in [0.15, 0.2) is 41.6 Å². The molecule has 0 saturated heterocycles. The molecule has 0 spiro atoms. The number of sulfonamides is 1. The van der Waals surface area contributed by atoms with E-state index < -0.39 is 28.2 Å². The van der Waals surface area contributed by atoms with Gasteiger partial charge in [-0.25, -0.2) is 17.5 Å². The number of rotatable bonds is 6. The molecule has 0 radical (unpaired) electrons. The van der Waals surface area contributed by atoms with Crippen LogP contribution in [0.2, 0.25) is 0 Å². The van der Waals surface area contributed by atoms with E-state index in [-0.39, 0.29) is 16.5 Å². The predicted molar refractivity (Wildman–Crippen MR) is 78.5 cm³/mol. The monoisotopic (exact) mass is 325 g/mol. The van der Waals surface area contributed by atoms with Crippen LogP contribution in [-0.2, 0) is 10.0 Å². The van der Waals surface area contributed by atoms with Gasteiger partial charge in [0.2, 0.25) is 10.0 Å². The number of hydrogen-bond acceptors (Lipinski definition) is 4. The van der Waals surface area contributed by atoms with Gasteiger partial charge in [-0.2, -0.15) is 5.10 Å². The van der Waals surface area contributed by atoms with Crippen LogP contribution < -0.4 is 4.72 Å². The van der Waals surface area contributed by atoms with Gasteiger partial charge in [0.25, 0.3) is 0 Å². The lowest BCUT2D eigenvalue weighted by Gasteiger charge is -2.05. The average Bonchev–Trinajstić information content (AvgIpc) is 2.96. The lowest BCUT2D eigenvalue weighted by molar-refractivity contribution is 0.0997. The summed E-state index contributed by atoms with van der Waals surface area (Å²) in [5.41, 5.74) is 0.238. The highest BCUT2D eigenvalue weighted by atomic mass is 32.2. The first-order valence-corrected chi connectivity index (χ1v) is 8.10. The van der Waals surface area contributed by atoms with Crippen molar-refractivity contribution in [2.45, 2.75) is 24.8 Å². The number of halogens is 1. The van der Waals surface area contributed by atoms with Crippen molar-refractivity contribution in [2.24, 2.45) is 0 Å². The van der Waals surface area contributed by atoms with Gasteiger partial charge in [-0.15, -0.1) is 0 Å². The Hall–Kier alpha value is -2.06. The molecule has 0 aliphatic rings. The van der Waals surface area contributed by atoms with Crippen molar-refractivity contribution in [3.05, 3.63) is 48.0 Å². The number of nitrogens with zero attached hydrogens (tertiary/aromatic N) is 2. The van der Waals surface area contributed by atoms with E-state index >= 15 is 0 Å². The van der Waals surface area contributed by atoms with Gasteiger partial charge < -0.3 is 0 Å². The van der Waals surface area contributed by atoms with Crippen LogP contribution in [0.4, 0.5) is 4.39 Å². The molecular weight excluding hydrogens is 309 g/mol. The highest BCUT2D eigenvalue weighted by Crippen LogP contribution is 2.11. The van der Waals surface area contributed by atoms with E-state index in [0.29, 0.717) is 0 Å². The Kier molecular flexibility index (Phi) is 4.72. The minimum Gasteiger partial charge on any atom is -0.293 e. The van der Waals surface area contributed by atoms with E-state index in [1.807, 2.05) is 13.8 Å². The molecule has 8 heteroatoms. The van der Waals surface area contributed by atoms with Gasteiger partial charge in [-0.05, 0) is 38.1 Å². The maximum absolute atomic E-state index is 12.8. The third kappa shape index (κ3) is 3.77. The van der Waals surface area contributed by atoms with Crippen molar-refractivity contribution in [2.75, 3.05) is 6.54 Å². The van der Waals surface area contributed by atoms with Crippen LogP contribution >= 0.6 is 0 Å². The fourth-order valence-electron chi connectivity index (χ4n) is 1.72. The van der Waals surface area contributed by atoms with Crippen molar-refractivity contribution >= 4 is 15.8 Å². The number of carbonyl (C=O) groups is 1. The fourth-order valence-corrected chi connectivity index (χ4v) is 2.64. The highest BCUT2D eigenvalue weighted by molar-refractivity contribution is 7.89. The van der Waals surface area contributed by atoms with Crippen molar-refractivity contribution in [3.8, 4) is 0 Å². The average molecular weight is 325 g/mol. The summed E-state index contributed by atoms with van der Waals surface area (Å²) in [6.45, 7) is 3.34. The molecule has 0 saturated carbocycles. The molecule has 0 aliphatic carbocycles. The summed E-state index contributed by atoms with van der Waals surface area (Å²) in [7, 11) is -3.81. The van der Waals surface area contributed by atoms with E-state index in [4.69, 9.17) is 0 Å². The second-order valence-corrected chi connectivity index (χ2v) is 6.77. The van der Waals surface area contributed by atoms with Gasteiger partial charge >= 0.3 is 0 Å². The Morgan fingerprint density at radius 3 is 2.50 bits per heavy atom. The van der Waals surface area contributed by atoms with Gasteiger partial charge in [-0.3, -0.25) is 9.48 Å². The van der Waals surface area contributed by atoms with E-state index in [1.54, 1.807) is 0 Å². The Morgan fingerprint density at radius 1 is 1.32 bits per heavy atom. The highest BCUT2D eigenvalue weighted by Gasteiger charge is 2.18. The Bertz CT molecular complexity index is 767. The molecule has 6 nitrogen and oxygen atoms in total. The molecule has 1 aromatic heterocycles. The number of Topliss-reactive ketones (excluding diaryl/α,β-unsaturated/α-hetero) is 1. The molecule has 22 heavy (non-hydrogen) atoms. The maximum Gasteiger partial charge on any atom is 0.244 e. The van der Waals surface area contributed by atoms with Gasteiger partial charge in [0.1, 0.15) is 10.7 Å². The predicted octanol–water partition coefficient (Wildman–Crippen LogP) is 1.76. The van der Waals surface area contributed by atoms with E-state index in [1.165, 1.54) is 29.2 Å². The molecule has 1 aromatic carbocycles. The topological polar surface area (TPSA) is 81.1 Å². The number of aromatic nitrogens is 2. The lowest BCUT2D eigenvalue weighted by Crippen LogP contribution is -2.29. The molecule has 1 N–H and O–H groups in total. The number of ketones is 1. The first-order valence-electron chi connectivity index (χ1n) is 6.62. The quantitative estimate of drug-likeness (QED) is 0.821. The third-order valence-corrected chi connectivity index (χ3v) is 4.36. The summed E-state index contributed by atoms with van der Waals surface area (Å²) in [6.07, 6.45) is 2.63. The Labute approximate surface area is 128 Å². The van der Waals surface area contributed by atoms with Crippen LogP contribution in [0, 0.1) is 5.82 Å². The number of hydrogen-bond donors (Lipinski definition) is 1. The second kappa shape index (κ2) is 6.37. The Balaban J connectivity index is 2.05. The number of carbonyl (C=O) groups excluding carboxylic acids is 1. The second-order valence-electron chi connectivity index (χ2n) is 5.00. The summed E-state index contributed by atoms with van der Waals surface area (Å²) in [5, 5.41) is 3.95. The number of benzene rings is 1. The molecule has 0 unspecified atom stereocenters. The first kappa shape index (κ1) is 16.3. The van der Waals surface area contributed by atoms with Crippen molar-refractivity contribution in [1.29, 1.82) is 0 Å². The molecule has 2 aromatic rings. The number of nitrogens with one attached hydrogen (secondary N) is 1. The summed E-state index contributed by atoms with van der Waals surface area (Å²) >= 11 is 0. The molecule has 118 valence electrons. The third-order valence-electron chi connectivity index (χ3n) is 3.01. The molecule has 0 atom stereocenters. The van der Waals surface area contributed by atoms with Crippen molar-refractivity contribution < 1.29 is 17.6 Å². The minimum absolute atomic E-state index is 0.00638. The summed E-state index contributed by atoms with van der Waals surface area (Å²) in [4.78, 5) is 11.9. The largest absolute Gasteiger partial charge is 0.293 e. The van der Waals surface area contributed by atoms with Crippen LogP contribution in [0.1, 0.15) is 30.2 Å². The fraction of sp³-hybridized carbons (Fsp3) is 0.286. The van der Waals surface area contributed by atoms with Crippen molar-refractivity contribution in [3.63, 3.8) is 0 Å². The molecular formula is C14H16FN3O3S. The molecule has 0 fully saturated rings. The van der Waals surface area contributed by atoms with Gasteiger partial charge in [0, 0.05) is 17.8 Å². The molecule has 0 aliphatic heterocycles. The van der Waals surface area contributed by atoms with Gasteiger partial charge in [0.15, 0.2) is 5.78 Å². The van der Waals surface area contributed by atoms with Crippen molar-refractivity contribution in [1.82, 2.24) is 14.5 Å². The molecule has 0 amide bonds. The standard InChI is InChI=1S/C14H16FN3O3S/c1-10(2)18-9-13(7-16-18)22(20,21)17-8-14(19)11-3-5-12(15)6-4-11/h3-7,9-10,17H,8H2,1-2H3. The smallest absolute Gasteiger partial charge is 0.244 e. The Morgan fingerprint density at radius 2 is 1.95 bits per heavy atom. The van der Waals surface area contributed by atoms with Crippen LogP contribution in [0.25, 0.3) is 0 Å². The summed E-state index contributed by atoms with van der Waals surface area (Å²) in [6, 6.07) is 4.94. The summed E-state index contributed by atoms with van der Waals surface area (Å²) < 4.78 is 40.7. The normalized spacial score (nSPS) is 11.8. The molecule has 2 rings (SSSR count). The van der Waals surface area contributed by atoms with Gasteiger partial charge in [-0.1, -0.05) is 0 Å². The molecule has 1 heterocycles. The maximum atomic E-state index is 12.8. The van der Waals surface area contributed by atoms with Gasteiger partial charge in [0.05, 0.1) is 12.7 Å². The first-order chi connectivity index (χ1) is 10.3. The minimum atomic E-state index is -3.81.